The molecule has 0 fully saturated rings. The number of hydrogen-bond donors (Lipinski definition) is 0. The Bertz CT molecular complexity index is 93.1. The molecule has 5 heteroatoms. The first kappa shape index (κ1) is 9.10. The summed E-state index contributed by atoms with van der Waals surface area (Å²) < 4.78 is 24.9. The molecule has 0 saturated heterocycles. The van der Waals surface area contributed by atoms with Gasteiger partial charge in [-0.25, -0.2) is 0 Å². The van der Waals surface area contributed by atoms with Crippen LogP contribution in [0.2, 0.25) is 19.6 Å². The summed E-state index contributed by atoms with van der Waals surface area (Å²) in [6.45, 7) is 5.66. The van der Waals surface area contributed by atoms with Gasteiger partial charge < -0.3 is 4.48 Å². The highest BCUT2D eigenvalue weighted by Crippen LogP contribution is 2.09. The van der Waals surface area contributed by atoms with Gasteiger partial charge in [-0.1, -0.05) is 19.6 Å². The molecule has 0 amide bonds. The van der Waals surface area contributed by atoms with Gasteiger partial charge in [0.1, 0.15) is 8.24 Å². The third-order valence-electron chi connectivity index (χ3n) is 1.35. The normalized spacial score (nSPS) is 12.3. The van der Waals surface area contributed by atoms with Gasteiger partial charge >= 0.3 is 7.40 Å². The highest BCUT2D eigenvalue weighted by Gasteiger charge is 2.31. The van der Waals surface area contributed by atoms with E-state index < -0.39 is 15.6 Å². The Morgan fingerprint density at radius 2 is 1.56 bits per heavy atom. The van der Waals surface area contributed by atoms with Crippen LogP contribution in [0, 0.1) is 0 Å². The second-order valence-corrected chi connectivity index (χ2v) is 8.11. The van der Waals surface area contributed by atoms with E-state index in [1.165, 1.54) is 7.05 Å². The first-order valence-corrected chi connectivity index (χ1v) is 6.31. The molecule has 0 aromatic carbocycles. The van der Waals surface area contributed by atoms with Crippen molar-refractivity contribution in [3.63, 3.8) is 0 Å². The van der Waals surface area contributed by atoms with E-state index >= 15 is 0 Å². The molecule has 0 aliphatic heterocycles. The smallest absolute Gasteiger partial charge is 0.308 e. The molecule has 0 atom stereocenters. The van der Waals surface area contributed by atoms with Crippen molar-refractivity contribution in [3.05, 3.63) is 0 Å². The van der Waals surface area contributed by atoms with Crippen LogP contribution in [0.1, 0.15) is 0 Å². The molecule has 1 nitrogen and oxygen atoms in total. The quantitative estimate of drug-likeness (QED) is 0.542. The van der Waals surface area contributed by atoms with Crippen molar-refractivity contribution in [1.82, 2.24) is 4.48 Å². The van der Waals surface area contributed by atoms with E-state index in [1.807, 2.05) is 19.6 Å². The summed E-state index contributed by atoms with van der Waals surface area (Å²) >= 11 is 0. The minimum Gasteiger partial charge on any atom is -0.308 e. The lowest BCUT2D eigenvalue weighted by Crippen LogP contribution is -2.48. The first-order valence-electron chi connectivity index (χ1n) is 2.87. The average molecular weight is 151 g/mol. The van der Waals surface area contributed by atoms with Gasteiger partial charge in [0.25, 0.3) is 0 Å². The molecule has 0 unspecified atom stereocenters. The highest BCUT2D eigenvalue weighted by atomic mass is 28.3. The van der Waals surface area contributed by atoms with Crippen LogP contribution in [-0.4, -0.2) is 27.2 Å². The van der Waals surface area contributed by atoms with Crippen LogP contribution in [0.25, 0.3) is 0 Å². The zero-order chi connectivity index (χ0) is 7.65. The van der Waals surface area contributed by atoms with E-state index in [-0.39, 0.29) is 0 Å². The van der Waals surface area contributed by atoms with Gasteiger partial charge in [-0.2, -0.15) is 0 Å². The van der Waals surface area contributed by atoms with Crippen LogP contribution < -0.4 is 0 Å². The first-order chi connectivity index (χ1) is 3.85. The maximum absolute atomic E-state index is 11.9. The Kier molecular flexibility index (Phi) is 2.82. The standard InChI is InChI=1S/C4H12BF2NSi/c1-8(5(6)7)9(2,3)4/h1-4H3. The summed E-state index contributed by atoms with van der Waals surface area (Å²) in [7, 11) is -2.57. The van der Waals surface area contributed by atoms with Crippen LogP contribution >= 0.6 is 0 Å². The van der Waals surface area contributed by atoms with E-state index in [0.29, 0.717) is 0 Å². The summed E-state index contributed by atoms with van der Waals surface area (Å²) in [6, 6.07) is 0. The zero-order valence-electron chi connectivity index (χ0n) is 6.28. The zero-order valence-corrected chi connectivity index (χ0v) is 7.28. The van der Waals surface area contributed by atoms with Gasteiger partial charge in [0.15, 0.2) is 0 Å². The van der Waals surface area contributed by atoms with E-state index in [1.54, 1.807) is 0 Å². The van der Waals surface area contributed by atoms with Crippen LogP contribution in [0.4, 0.5) is 8.63 Å². The van der Waals surface area contributed by atoms with Crippen LogP contribution in [0.5, 0.6) is 0 Å². The fraction of sp³-hybridized carbons (Fsp3) is 1.00. The van der Waals surface area contributed by atoms with Gasteiger partial charge in [-0.3, -0.25) is 8.63 Å². The lowest BCUT2D eigenvalue weighted by atomic mass is 10.3. The topological polar surface area (TPSA) is 3.24 Å². The Hall–Kier alpha value is 0.102. The maximum atomic E-state index is 11.9. The van der Waals surface area contributed by atoms with Crippen LogP contribution in [0.15, 0.2) is 0 Å². The van der Waals surface area contributed by atoms with Gasteiger partial charge in [0, 0.05) is 0 Å². The molecule has 9 heavy (non-hydrogen) atoms. The molecule has 0 radical (unpaired) electrons. The number of nitrogens with zero attached hydrogens (tertiary/aromatic N) is 1. The largest absolute Gasteiger partial charge is 0.629 e. The van der Waals surface area contributed by atoms with E-state index in [9.17, 15) is 8.63 Å². The summed E-state index contributed by atoms with van der Waals surface area (Å²) in [4.78, 5) is 0. The van der Waals surface area contributed by atoms with Crippen molar-refractivity contribution >= 4 is 15.6 Å². The fourth-order valence-electron chi connectivity index (χ4n) is 0.293. The summed E-state index contributed by atoms with van der Waals surface area (Å²) in [6.07, 6.45) is 0. The molecule has 0 heterocycles. The fourth-order valence-corrected chi connectivity index (χ4v) is 0.878. The second-order valence-electron chi connectivity index (χ2n) is 3.06. The second kappa shape index (κ2) is 2.79. The third kappa shape index (κ3) is 2.96. The summed E-state index contributed by atoms with van der Waals surface area (Å²) in [5, 5.41) is 0. The lowest BCUT2D eigenvalue weighted by Gasteiger charge is -2.26. The molecular formula is C4H12BF2NSi. The van der Waals surface area contributed by atoms with E-state index in [2.05, 4.69) is 0 Å². The van der Waals surface area contributed by atoms with Gasteiger partial charge in [-0.15, -0.1) is 0 Å². The average Bonchev–Trinajstić information content (AvgIpc) is 1.62. The molecule has 0 aliphatic rings. The summed E-state index contributed by atoms with van der Waals surface area (Å²) in [5.41, 5.74) is 0. The van der Waals surface area contributed by atoms with Crippen molar-refractivity contribution in [2.24, 2.45) is 0 Å². The Labute approximate surface area is 56.3 Å². The number of hydrogen-bond acceptors (Lipinski definition) is 1. The Morgan fingerprint density at radius 3 is 1.56 bits per heavy atom. The molecule has 0 bridgehead atoms. The van der Waals surface area contributed by atoms with Crippen molar-refractivity contribution in [2.45, 2.75) is 19.6 Å². The predicted molar refractivity (Wildman–Crippen MR) is 39.1 cm³/mol. The molecule has 0 spiro atoms. The molecule has 54 valence electrons. The van der Waals surface area contributed by atoms with Gasteiger partial charge in [-0.05, 0) is 7.05 Å². The monoisotopic (exact) mass is 151 g/mol. The van der Waals surface area contributed by atoms with E-state index in [0.717, 1.165) is 4.48 Å². The van der Waals surface area contributed by atoms with Crippen LogP contribution in [0.3, 0.4) is 0 Å². The van der Waals surface area contributed by atoms with Crippen molar-refractivity contribution in [3.8, 4) is 0 Å². The molecule has 0 saturated carbocycles. The lowest BCUT2D eigenvalue weighted by molar-refractivity contribution is 0.540. The molecule has 0 N–H and O–H groups in total. The number of rotatable bonds is 2. The van der Waals surface area contributed by atoms with Crippen LogP contribution in [-0.2, 0) is 0 Å². The van der Waals surface area contributed by atoms with Gasteiger partial charge in [0.05, 0.1) is 0 Å². The van der Waals surface area contributed by atoms with Crippen molar-refractivity contribution in [2.75, 3.05) is 7.05 Å². The minimum atomic E-state index is -2.29. The SMILES string of the molecule is CN(B(F)F)[Si](C)(C)C. The molecular weight excluding hydrogens is 139 g/mol. The Balaban J connectivity index is 3.88. The maximum Gasteiger partial charge on any atom is 0.629 e. The van der Waals surface area contributed by atoms with Crippen molar-refractivity contribution in [1.29, 1.82) is 0 Å². The van der Waals surface area contributed by atoms with E-state index in [4.69, 9.17) is 0 Å². The molecule has 0 aromatic rings. The molecule has 0 rings (SSSR count). The predicted octanol–water partition coefficient (Wildman–Crippen LogP) is 1.68. The summed E-state index contributed by atoms with van der Waals surface area (Å²) in [5.74, 6) is 0. The highest BCUT2D eigenvalue weighted by molar-refractivity contribution is 6.80. The van der Waals surface area contributed by atoms with Crippen molar-refractivity contribution < 1.29 is 8.63 Å². The third-order valence-corrected chi connectivity index (χ3v) is 3.66. The molecule has 0 aliphatic carbocycles. The molecule has 0 aromatic heterocycles. The number of halogens is 2. The minimum absolute atomic E-state index is 1.16. The Morgan fingerprint density at radius 1 is 1.22 bits per heavy atom. The van der Waals surface area contributed by atoms with Gasteiger partial charge in [0.2, 0.25) is 0 Å².